The van der Waals surface area contributed by atoms with Crippen LogP contribution in [0.25, 0.3) is 0 Å². The average Bonchev–Trinajstić information content (AvgIpc) is 3.91. The highest BCUT2D eigenvalue weighted by Gasteiger charge is 2.66. The van der Waals surface area contributed by atoms with E-state index in [0.717, 1.165) is 22.3 Å². The Morgan fingerprint density at radius 3 is 2.16 bits per heavy atom. The molecule has 7 rings (SSSR count). The summed E-state index contributed by atoms with van der Waals surface area (Å²) in [5.41, 5.74) is 3.86. The van der Waals surface area contributed by atoms with E-state index < -0.39 is 17.5 Å². The van der Waals surface area contributed by atoms with Gasteiger partial charge in [0.05, 0.1) is 17.2 Å². The Balaban J connectivity index is 1.26. The molecule has 1 aliphatic carbocycles. The van der Waals surface area contributed by atoms with Gasteiger partial charge in [0.15, 0.2) is 0 Å². The molecule has 5 aromatic carbocycles. The minimum atomic E-state index is -0.816. The first kappa shape index (κ1) is 32.1. The zero-order valence-electron chi connectivity index (χ0n) is 27.2. The fourth-order valence-electron chi connectivity index (χ4n) is 7.39. The monoisotopic (exact) mass is 651 g/mol. The van der Waals surface area contributed by atoms with E-state index in [2.05, 4.69) is 12.1 Å². The maximum Gasteiger partial charge on any atom is 0.321 e. The molecule has 1 saturated carbocycles. The van der Waals surface area contributed by atoms with Crippen molar-refractivity contribution >= 4 is 6.03 Å². The molecule has 2 fully saturated rings. The highest BCUT2D eigenvalue weighted by Crippen LogP contribution is 2.60. The molecule has 246 valence electrons. The molecule has 0 radical (unpaired) electrons. The molecular weight excluding hydrogens is 613 g/mol. The number of hydrogen-bond acceptors (Lipinski definition) is 4. The van der Waals surface area contributed by atoms with Crippen LogP contribution >= 0.6 is 0 Å². The van der Waals surface area contributed by atoms with Crippen molar-refractivity contribution in [2.24, 2.45) is 0 Å². The molecule has 1 saturated heterocycles. The first-order chi connectivity index (χ1) is 23.9. The van der Waals surface area contributed by atoms with E-state index in [1.807, 2.05) is 119 Å². The molecule has 2 amide bonds. The van der Waals surface area contributed by atoms with E-state index in [1.54, 1.807) is 6.07 Å². The van der Waals surface area contributed by atoms with E-state index in [4.69, 9.17) is 4.74 Å². The van der Waals surface area contributed by atoms with Crippen LogP contribution in [0.4, 0.5) is 9.18 Å². The molecule has 5 aromatic rings. The van der Waals surface area contributed by atoms with Gasteiger partial charge in [-0.25, -0.2) is 9.18 Å². The van der Waals surface area contributed by atoms with Crippen LogP contribution in [0.5, 0.6) is 5.75 Å². The molecule has 1 unspecified atom stereocenters. The van der Waals surface area contributed by atoms with Crippen molar-refractivity contribution in [3.8, 4) is 11.8 Å². The van der Waals surface area contributed by atoms with Gasteiger partial charge in [0, 0.05) is 25.0 Å². The molecule has 6 nitrogen and oxygen atoms in total. The molecule has 1 spiro atoms. The maximum absolute atomic E-state index is 15.1. The Labute approximate surface area is 286 Å². The Morgan fingerprint density at radius 2 is 1.45 bits per heavy atom. The SMILES string of the molecule is N#Cc1cc(CN2C(=O)N(Cc3cccc(OCc4ccccc4)c3)C3(C[C@@H]3c3ccccc3)[C@H](O)C[C@H]2Cc2ccccc2)ccc1F. The molecule has 0 bridgehead atoms. The zero-order valence-corrected chi connectivity index (χ0v) is 27.2. The number of rotatable bonds is 10. The van der Waals surface area contributed by atoms with E-state index in [-0.39, 0.29) is 36.6 Å². The average molecular weight is 652 g/mol. The number of carbonyl (C=O) groups is 1. The Morgan fingerprint density at radius 1 is 0.796 bits per heavy atom. The fourth-order valence-corrected chi connectivity index (χ4v) is 7.39. The van der Waals surface area contributed by atoms with Crippen LogP contribution in [0, 0.1) is 17.1 Å². The number of benzene rings is 5. The second kappa shape index (κ2) is 14.0. The minimum absolute atomic E-state index is 0.0431. The molecule has 0 aromatic heterocycles. The summed E-state index contributed by atoms with van der Waals surface area (Å²) in [7, 11) is 0. The first-order valence-corrected chi connectivity index (χ1v) is 16.7. The van der Waals surface area contributed by atoms with Crippen LogP contribution in [0.2, 0.25) is 0 Å². The largest absolute Gasteiger partial charge is 0.489 e. The van der Waals surface area contributed by atoms with Gasteiger partial charge in [0.2, 0.25) is 0 Å². The molecule has 1 heterocycles. The van der Waals surface area contributed by atoms with Crippen LogP contribution in [0.3, 0.4) is 0 Å². The van der Waals surface area contributed by atoms with Crippen molar-refractivity contribution in [2.75, 3.05) is 0 Å². The van der Waals surface area contributed by atoms with Crippen molar-refractivity contribution in [1.82, 2.24) is 9.80 Å². The number of nitrogens with zero attached hydrogens (tertiary/aromatic N) is 3. The number of nitriles is 1. The molecular formula is C42H38FN3O3. The third-order valence-electron chi connectivity index (χ3n) is 9.97. The summed E-state index contributed by atoms with van der Waals surface area (Å²) < 4.78 is 20.5. The highest BCUT2D eigenvalue weighted by atomic mass is 19.1. The number of aliphatic hydroxyl groups is 1. The highest BCUT2D eigenvalue weighted by molar-refractivity contribution is 5.78. The molecule has 49 heavy (non-hydrogen) atoms. The smallest absolute Gasteiger partial charge is 0.321 e. The molecule has 2 aliphatic rings. The second-order valence-corrected chi connectivity index (χ2v) is 13.1. The number of aliphatic hydroxyl groups excluding tert-OH is 1. The summed E-state index contributed by atoms with van der Waals surface area (Å²) in [6.45, 7) is 0.854. The number of amides is 2. The van der Waals surface area contributed by atoms with Crippen molar-refractivity contribution in [1.29, 1.82) is 5.26 Å². The maximum atomic E-state index is 15.1. The summed E-state index contributed by atoms with van der Waals surface area (Å²) in [6, 6.07) is 43.6. The first-order valence-electron chi connectivity index (χ1n) is 16.7. The van der Waals surface area contributed by atoms with Gasteiger partial charge in [-0.1, -0.05) is 109 Å². The summed E-state index contributed by atoms with van der Waals surface area (Å²) in [6.07, 6.45) is 0.738. The van der Waals surface area contributed by atoms with Crippen LogP contribution in [0.1, 0.15) is 52.1 Å². The number of ether oxygens (including phenoxy) is 1. The normalized spacial score (nSPS) is 21.7. The third-order valence-corrected chi connectivity index (χ3v) is 9.97. The standard InChI is InChI=1S/C42H38FN3O3/c43-39-20-19-33(21-35(39)26-44)27-45-36(22-30-11-4-1-5-12-30)24-40(47)42(25-38(42)34-16-8-3-9-17-34)46(41(45)48)28-32-15-10-18-37(23-32)49-29-31-13-6-2-7-14-31/h1-21,23,36,38,40,47H,22,24-25,27-29H2/t36-,38-,40-,42?/m1/s1. The molecule has 1 N–H and O–H groups in total. The number of carbonyl (C=O) groups excluding carboxylic acids is 1. The lowest BCUT2D eigenvalue weighted by Gasteiger charge is -2.37. The van der Waals surface area contributed by atoms with Gasteiger partial charge in [0.25, 0.3) is 0 Å². The lowest BCUT2D eigenvalue weighted by atomic mass is 9.92. The Bertz CT molecular complexity index is 1950. The quantitative estimate of drug-likeness (QED) is 0.166. The summed E-state index contributed by atoms with van der Waals surface area (Å²) in [5.74, 6) is 0.0598. The zero-order chi connectivity index (χ0) is 33.8. The summed E-state index contributed by atoms with van der Waals surface area (Å²) >= 11 is 0. The summed E-state index contributed by atoms with van der Waals surface area (Å²) in [5, 5.41) is 21.8. The predicted molar refractivity (Wildman–Crippen MR) is 186 cm³/mol. The Kier molecular flexibility index (Phi) is 9.15. The lowest BCUT2D eigenvalue weighted by Crippen LogP contribution is -2.51. The van der Waals surface area contributed by atoms with Gasteiger partial charge in [-0.15, -0.1) is 0 Å². The van der Waals surface area contributed by atoms with Crippen molar-refractivity contribution < 1.29 is 19.0 Å². The Hall–Kier alpha value is -5.45. The van der Waals surface area contributed by atoms with E-state index in [9.17, 15) is 14.8 Å². The van der Waals surface area contributed by atoms with Crippen LogP contribution < -0.4 is 4.74 Å². The van der Waals surface area contributed by atoms with E-state index in [1.165, 1.54) is 12.1 Å². The van der Waals surface area contributed by atoms with Crippen LogP contribution in [0.15, 0.2) is 133 Å². The minimum Gasteiger partial charge on any atom is -0.489 e. The van der Waals surface area contributed by atoms with Crippen molar-refractivity contribution in [2.45, 2.75) is 62.6 Å². The van der Waals surface area contributed by atoms with Gasteiger partial charge in [-0.3, -0.25) is 0 Å². The van der Waals surface area contributed by atoms with Gasteiger partial charge in [-0.2, -0.15) is 5.26 Å². The lowest BCUT2D eigenvalue weighted by molar-refractivity contribution is 0.0473. The summed E-state index contributed by atoms with van der Waals surface area (Å²) in [4.78, 5) is 18.8. The molecule has 7 heteroatoms. The van der Waals surface area contributed by atoms with Gasteiger partial charge < -0.3 is 19.6 Å². The van der Waals surface area contributed by atoms with Crippen LogP contribution in [-0.2, 0) is 26.1 Å². The van der Waals surface area contributed by atoms with Crippen molar-refractivity contribution in [3.05, 3.63) is 173 Å². The molecule has 1 aliphatic heterocycles. The number of urea groups is 1. The fraction of sp³-hybridized carbons (Fsp3) is 0.238. The van der Waals surface area contributed by atoms with E-state index in [0.29, 0.717) is 37.2 Å². The van der Waals surface area contributed by atoms with Gasteiger partial charge in [-0.05, 0) is 71.3 Å². The second-order valence-electron chi connectivity index (χ2n) is 13.1. The number of halogens is 1. The van der Waals surface area contributed by atoms with E-state index >= 15 is 4.79 Å². The predicted octanol–water partition coefficient (Wildman–Crippen LogP) is 8.00. The topological polar surface area (TPSA) is 76.8 Å². The number of hydrogen-bond donors (Lipinski definition) is 1. The van der Waals surface area contributed by atoms with Gasteiger partial charge in [0.1, 0.15) is 24.2 Å². The van der Waals surface area contributed by atoms with Crippen molar-refractivity contribution in [3.63, 3.8) is 0 Å². The molecule has 4 atom stereocenters. The third kappa shape index (κ3) is 6.78. The van der Waals surface area contributed by atoms with Crippen LogP contribution in [-0.4, -0.2) is 38.6 Å². The van der Waals surface area contributed by atoms with Gasteiger partial charge >= 0.3 is 6.03 Å².